The molecule has 0 bridgehead atoms. The molecule has 2 amide bonds. The lowest BCUT2D eigenvalue weighted by atomic mass is 9.94. The number of esters is 2. The van der Waals surface area contributed by atoms with Gasteiger partial charge in [-0.05, 0) is 134 Å². The Morgan fingerprint density at radius 1 is 0.672 bits per heavy atom. The van der Waals surface area contributed by atoms with Crippen molar-refractivity contribution in [3.05, 3.63) is 106 Å². The zero-order valence-electron chi connectivity index (χ0n) is 33.4. The van der Waals surface area contributed by atoms with Gasteiger partial charge in [0.05, 0.1) is 26.4 Å². The van der Waals surface area contributed by atoms with Gasteiger partial charge in [-0.25, -0.2) is 0 Å². The summed E-state index contributed by atoms with van der Waals surface area (Å²) in [6.07, 6.45) is 7.28. The van der Waals surface area contributed by atoms with E-state index in [1.807, 2.05) is 62.4 Å². The van der Waals surface area contributed by atoms with Gasteiger partial charge in [0.2, 0.25) is 0 Å². The molecule has 2 fully saturated rings. The first-order valence-corrected chi connectivity index (χ1v) is 19.9. The molecule has 2 atom stereocenters. The summed E-state index contributed by atoms with van der Waals surface area (Å²) in [4.78, 5) is 60.5. The Morgan fingerprint density at radius 2 is 1.07 bits per heavy atom. The molecule has 14 heteroatoms. The number of ether oxygens (including phenoxy) is 2. The van der Waals surface area contributed by atoms with Crippen LogP contribution in [-0.2, 0) is 32.2 Å². The van der Waals surface area contributed by atoms with Gasteiger partial charge >= 0.3 is 11.9 Å². The van der Waals surface area contributed by atoms with Crippen molar-refractivity contribution >= 4 is 35.1 Å². The average molecular weight is 793 g/mol. The van der Waals surface area contributed by atoms with Crippen molar-refractivity contribution < 1.29 is 38.9 Å². The summed E-state index contributed by atoms with van der Waals surface area (Å²) >= 11 is 0. The third-order valence-electron chi connectivity index (χ3n) is 10.6. The van der Waals surface area contributed by atoms with Crippen LogP contribution in [0.25, 0.3) is 11.1 Å². The van der Waals surface area contributed by atoms with Gasteiger partial charge in [-0.3, -0.25) is 39.8 Å². The highest BCUT2D eigenvalue weighted by atomic mass is 16.5. The maximum Gasteiger partial charge on any atom is 0.325 e. The second-order valence-electron chi connectivity index (χ2n) is 14.7. The van der Waals surface area contributed by atoms with Gasteiger partial charge in [0, 0.05) is 36.9 Å². The highest BCUT2D eigenvalue weighted by Gasteiger charge is 2.30. The Labute approximate surface area is 338 Å². The van der Waals surface area contributed by atoms with Crippen LogP contribution in [0.1, 0.15) is 106 Å². The number of aromatic nitrogens is 2. The third kappa shape index (κ3) is 10.1. The summed E-state index contributed by atoms with van der Waals surface area (Å²) in [7, 11) is 0. The van der Waals surface area contributed by atoms with E-state index in [-0.39, 0.29) is 36.4 Å². The van der Waals surface area contributed by atoms with Gasteiger partial charge < -0.3 is 30.3 Å². The second kappa shape index (κ2) is 19.3. The SMILES string of the molecule is CCOC(=O)C(CO)NCc1cnc(C(=O)Nc2cccc(-c3cccc(NC(=O)c4cc(C5CC5)c(CNC(CO)C(=O)OCC)cn4)c3C)c2C)cc1C1CC1. The van der Waals surface area contributed by atoms with E-state index in [4.69, 9.17) is 9.47 Å². The first-order valence-electron chi connectivity index (χ1n) is 19.9. The molecule has 2 aromatic heterocycles. The lowest BCUT2D eigenvalue weighted by Crippen LogP contribution is -2.40. The number of amides is 2. The van der Waals surface area contributed by atoms with Crippen molar-refractivity contribution in [1.82, 2.24) is 20.6 Å². The number of aliphatic hydroxyl groups is 2. The molecule has 0 saturated heterocycles. The van der Waals surface area contributed by atoms with Crippen molar-refractivity contribution in [2.75, 3.05) is 37.1 Å². The monoisotopic (exact) mass is 792 g/mol. The minimum atomic E-state index is -0.858. The van der Waals surface area contributed by atoms with E-state index in [1.54, 1.807) is 26.2 Å². The number of nitrogens with one attached hydrogen (secondary N) is 4. The van der Waals surface area contributed by atoms with Crippen LogP contribution < -0.4 is 21.3 Å². The van der Waals surface area contributed by atoms with Crippen molar-refractivity contribution in [3.63, 3.8) is 0 Å². The second-order valence-corrected chi connectivity index (χ2v) is 14.7. The normalized spacial score (nSPS) is 14.7. The molecular formula is C44H52N6O8. The van der Waals surface area contributed by atoms with E-state index in [1.165, 1.54) is 0 Å². The molecule has 2 aliphatic rings. The average Bonchev–Trinajstić information content (AvgIpc) is 4.16. The highest BCUT2D eigenvalue weighted by molar-refractivity contribution is 6.05. The van der Waals surface area contributed by atoms with Crippen molar-refractivity contribution in [2.45, 2.75) is 90.4 Å². The molecule has 6 rings (SSSR count). The minimum Gasteiger partial charge on any atom is -0.465 e. The molecule has 2 unspecified atom stereocenters. The number of hydrogen-bond acceptors (Lipinski definition) is 12. The maximum atomic E-state index is 13.6. The summed E-state index contributed by atoms with van der Waals surface area (Å²) in [5, 5.41) is 31.6. The van der Waals surface area contributed by atoms with E-state index in [9.17, 15) is 29.4 Å². The molecule has 2 heterocycles. The summed E-state index contributed by atoms with van der Waals surface area (Å²) in [6.45, 7) is 7.51. The first-order chi connectivity index (χ1) is 28.1. The number of rotatable bonds is 19. The molecule has 14 nitrogen and oxygen atoms in total. The van der Waals surface area contributed by atoms with Crippen molar-refractivity contribution in [3.8, 4) is 11.1 Å². The standard InChI is InChI=1S/C44H52N6O8/c1-5-57-43(55)39(23-51)47-21-29-19-45-37(17-33(29)27-13-14-27)41(53)49-35-11-7-9-31(25(35)3)32-10-8-12-36(26(32)4)50-42(54)38-18-34(28-15-16-28)30(20-46-38)22-48-40(24-52)44(56)58-6-2/h7-12,17-20,27-28,39-40,47-48,51-52H,5-6,13-16,21-24H2,1-4H3,(H,49,53)(H,50,54). The molecule has 2 aromatic carbocycles. The fourth-order valence-corrected chi connectivity index (χ4v) is 6.99. The smallest absolute Gasteiger partial charge is 0.325 e. The molecule has 4 aromatic rings. The van der Waals surface area contributed by atoms with Crippen molar-refractivity contribution in [2.24, 2.45) is 0 Å². The number of pyridine rings is 2. The Kier molecular flexibility index (Phi) is 14.0. The fraction of sp³-hybridized carbons (Fsp3) is 0.409. The number of hydrogen-bond donors (Lipinski definition) is 6. The number of nitrogens with zero attached hydrogens (tertiary/aromatic N) is 2. The summed E-state index contributed by atoms with van der Waals surface area (Å²) < 4.78 is 10.1. The minimum absolute atomic E-state index is 0.216. The Morgan fingerprint density at radius 3 is 1.41 bits per heavy atom. The third-order valence-corrected chi connectivity index (χ3v) is 10.6. The summed E-state index contributed by atoms with van der Waals surface area (Å²) in [5.74, 6) is -1.16. The Hall–Kier alpha value is -5.54. The van der Waals surface area contributed by atoms with E-state index >= 15 is 0 Å². The van der Waals surface area contributed by atoms with E-state index in [0.29, 0.717) is 36.3 Å². The van der Waals surface area contributed by atoms with E-state index in [2.05, 4.69) is 31.2 Å². The van der Waals surface area contributed by atoms with Gasteiger partial charge in [-0.2, -0.15) is 0 Å². The zero-order valence-corrected chi connectivity index (χ0v) is 33.4. The first kappa shape index (κ1) is 42.1. The summed E-state index contributed by atoms with van der Waals surface area (Å²) in [5.41, 5.74) is 8.92. The molecule has 2 saturated carbocycles. The van der Waals surface area contributed by atoms with E-state index in [0.717, 1.165) is 70.2 Å². The van der Waals surface area contributed by atoms with Gasteiger partial charge in [-0.1, -0.05) is 24.3 Å². The molecular weight excluding hydrogens is 741 g/mol. The lowest BCUT2D eigenvalue weighted by Gasteiger charge is -2.18. The van der Waals surface area contributed by atoms with Crippen LogP contribution in [0.3, 0.4) is 0 Å². The number of carbonyl (C=O) groups is 4. The number of anilines is 2. The Balaban J connectivity index is 1.15. The van der Waals surface area contributed by atoms with Crippen LogP contribution in [0, 0.1) is 13.8 Å². The maximum absolute atomic E-state index is 13.6. The van der Waals surface area contributed by atoms with Crippen LogP contribution in [0.4, 0.5) is 11.4 Å². The fourth-order valence-electron chi connectivity index (χ4n) is 6.99. The van der Waals surface area contributed by atoms with Crippen LogP contribution >= 0.6 is 0 Å². The number of aliphatic hydroxyl groups excluding tert-OH is 2. The number of benzene rings is 2. The number of carbonyl (C=O) groups excluding carboxylic acids is 4. The molecule has 0 radical (unpaired) electrons. The van der Waals surface area contributed by atoms with Crippen LogP contribution in [0.5, 0.6) is 0 Å². The van der Waals surface area contributed by atoms with Gasteiger partial charge in [0.1, 0.15) is 23.5 Å². The quantitative estimate of drug-likeness (QED) is 0.0692. The summed E-state index contributed by atoms with van der Waals surface area (Å²) in [6, 6.07) is 13.3. The molecule has 2 aliphatic carbocycles. The highest BCUT2D eigenvalue weighted by Crippen LogP contribution is 2.43. The molecule has 0 aliphatic heterocycles. The predicted molar refractivity (Wildman–Crippen MR) is 218 cm³/mol. The topological polar surface area (TPSA) is 201 Å². The molecule has 0 spiro atoms. The van der Waals surface area contributed by atoms with Gasteiger partial charge in [-0.15, -0.1) is 0 Å². The van der Waals surface area contributed by atoms with E-state index < -0.39 is 37.2 Å². The largest absolute Gasteiger partial charge is 0.465 e. The lowest BCUT2D eigenvalue weighted by molar-refractivity contribution is -0.147. The zero-order chi connectivity index (χ0) is 41.3. The molecule has 6 N–H and O–H groups in total. The molecule has 58 heavy (non-hydrogen) atoms. The van der Waals surface area contributed by atoms with Crippen LogP contribution in [0.2, 0.25) is 0 Å². The van der Waals surface area contributed by atoms with Crippen LogP contribution in [-0.4, -0.2) is 82.4 Å². The van der Waals surface area contributed by atoms with Gasteiger partial charge in [0.25, 0.3) is 11.8 Å². The predicted octanol–water partition coefficient (Wildman–Crippen LogP) is 5.05. The van der Waals surface area contributed by atoms with Crippen molar-refractivity contribution in [1.29, 1.82) is 0 Å². The van der Waals surface area contributed by atoms with Crippen LogP contribution in [0.15, 0.2) is 60.9 Å². The molecule has 306 valence electrons. The Bertz CT molecular complexity index is 2000. The van der Waals surface area contributed by atoms with Gasteiger partial charge in [0.15, 0.2) is 0 Å².